The molecule has 0 saturated carbocycles. The lowest BCUT2D eigenvalue weighted by Gasteiger charge is -2.17. The molecule has 0 amide bonds. The number of ether oxygens (including phenoxy) is 5. The molecule has 2 rings (SSSR count). The lowest BCUT2D eigenvalue weighted by Crippen LogP contribution is -2.36. The van der Waals surface area contributed by atoms with Gasteiger partial charge in [-0.05, 0) is 0 Å². The Morgan fingerprint density at radius 2 is 1.67 bits per heavy atom. The highest BCUT2D eigenvalue weighted by molar-refractivity contribution is 5.70. The van der Waals surface area contributed by atoms with Gasteiger partial charge in [-0.15, -0.1) is 0 Å². The molecule has 0 aromatic heterocycles. The van der Waals surface area contributed by atoms with Crippen LogP contribution in [0.3, 0.4) is 0 Å². The van der Waals surface area contributed by atoms with Crippen LogP contribution in [0.25, 0.3) is 0 Å². The summed E-state index contributed by atoms with van der Waals surface area (Å²) in [7, 11) is 0. The maximum absolute atomic E-state index is 11.6. The summed E-state index contributed by atoms with van der Waals surface area (Å²) >= 11 is 0. The highest BCUT2D eigenvalue weighted by atomic mass is 16.7. The largest absolute Gasteiger partial charge is 0.457 e. The third-order valence-electron chi connectivity index (χ3n) is 3.49. The zero-order valence-electron chi connectivity index (χ0n) is 12.7. The van der Waals surface area contributed by atoms with Crippen molar-refractivity contribution in [3.05, 3.63) is 0 Å². The van der Waals surface area contributed by atoms with E-state index in [1.54, 1.807) is 0 Å². The van der Waals surface area contributed by atoms with Crippen LogP contribution in [0.2, 0.25) is 0 Å². The molecule has 2 saturated heterocycles. The molecule has 2 fully saturated rings. The number of carbonyl (C=O) groups excluding carboxylic acids is 3. The summed E-state index contributed by atoms with van der Waals surface area (Å²) in [6.07, 6.45) is 0.460. The molecule has 10 nitrogen and oxygen atoms in total. The summed E-state index contributed by atoms with van der Waals surface area (Å²) in [6, 6.07) is 0. The van der Waals surface area contributed by atoms with Crippen LogP contribution in [0, 0.1) is 11.5 Å². The summed E-state index contributed by atoms with van der Waals surface area (Å²) in [5.41, 5.74) is 0. The molecular formula is C14H16N2O8. The fourth-order valence-corrected chi connectivity index (χ4v) is 2.46. The molecule has 4 atom stereocenters. The summed E-state index contributed by atoms with van der Waals surface area (Å²) in [6.45, 7) is 0.213. The number of hydrogen-bond acceptors (Lipinski definition) is 10. The van der Waals surface area contributed by atoms with Crippen molar-refractivity contribution in [1.29, 1.82) is 5.26 Å². The molecule has 24 heavy (non-hydrogen) atoms. The highest BCUT2D eigenvalue weighted by Gasteiger charge is 2.51. The second-order valence-corrected chi connectivity index (χ2v) is 5.07. The number of isocyanates is 1. The van der Waals surface area contributed by atoms with E-state index in [9.17, 15) is 14.4 Å². The van der Waals surface area contributed by atoms with Crippen molar-refractivity contribution < 1.29 is 38.1 Å². The number of esters is 2. The Morgan fingerprint density at radius 1 is 1.08 bits per heavy atom. The first-order valence-electron chi connectivity index (χ1n) is 7.32. The maximum atomic E-state index is 11.6. The fraction of sp³-hybridized carbons (Fsp3) is 0.714. The number of hydrogen-bond donors (Lipinski definition) is 0. The summed E-state index contributed by atoms with van der Waals surface area (Å²) in [4.78, 5) is 36.4. The van der Waals surface area contributed by atoms with E-state index in [2.05, 4.69) is 9.73 Å². The SMILES string of the molecule is N#COCCC(=O)O[C@H]1CO[C@H]2[C@@H]1OC[C@@H]2OC(=O)CCN=C=O. The van der Waals surface area contributed by atoms with Gasteiger partial charge in [0.15, 0.2) is 12.2 Å². The third-order valence-corrected chi connectivity index (χ3v) is 3.49. The topological polar surface area (TPSA) is 134 Å². The van der Waals surface area contributed by atoms with Crippen molar-refractivity contribution in [1.82, 2.24) is 0 Å². The van der Waals surface area contributed by atoms with E-state index in [0.29, 0.717) is 0 Å². The Hall–Kier alpha value is -2.47. The maximum Gasteiger partial charge on any atom is 0.309 e. The first-order chi connectivity index (χ1) is 11.7. The first kappa shape index (κ1) is 17.9. The number of carbonyl (C=O) groups is 2. The second kappa shape index (κ2) is 8.98. The van der Waals surface area contributed by atoms with Gasteiger partial charge in [0.1, 0.15) is 18.8 Å². The van der Waals surface area contributed by atoms with Gasteiger partial charge in [-0.1, -0.05) is 0 Å². The minimum atomic E-state index is -0.604. The fourth-order valence-electron chi connectivity index (χ4n) is 2.46. The molecule has 2 heterocycles. The predicted molar refractivity (Wildman–Crippen MR) is 73.0 cm³/mol. The van der Waals surface area contributed by atoms with E-state index in [4.69, 9.17) is 24.2 Å². The van der Waals surface area contributed by atoms with Crippen molar-refractivity contribution in [2.45, 2.75) is 37.3 Å². The van der Waals surface area contributed by atoms with E-state index >= 15 is 0 Å². The Labute approximate surface area is 137 Å². The molecule has 130 valence electrons. The summed E-state index contributed by atoms with van der Waals surface area (Å²) in [5, 5.41) is 8.23. The number of nitriles is 1. The van der Waals surface area contributed by atoms with Crippen molar-refractivity contribution in [3.63, 3.8) is 0 Å². The molecule has 0 bridgehead atoms. The minimum absolute atomic E-state index is 0.00979. The van der Waals surface area contributed by atoms with Crippen LogP contribution in [0.1, 0.15) is 12.8 Å². The lowest BCUT2D eigenvalue weighted by atomic mass is 10.1. The van der Waals surface area contributed by atoms with Gasteiger partial charge in [-0.2, -0.15) is 5.26 Å². The van der Waals surface area contributed by atoms with E-state index in [1.807, 2.05) is 0 Å². The standard InChI is InChI=1S/C14H16N2O8/c15-7-20-4-2-12(19)24-10-6-22-13-9(5-21-14(10)13)23-11(18)1-3-16-8-17/h9-10,13-14H,1-6H2/t9-,10-,13+,14+/m0/s1. The number of fused-ring (bicyclic) bond motifs is 1. The van der Waals surface area contributed by atoms with Gasteiger partial charge < -0.3 is 23.7 Å². The van der Waals surface area contributed by atoms with Crippen molar-refractivity contribution in [2.24, 2.45) is 4.99 Å². The number of rotatable bonds is 8. The van der Waals surface area contributed by atoms with Crippen LogP contribution in [-0.2, 0) is 38.1 Å². The molecule has 0 aromatic rings. The zero-order valence-corrected chi connectivity index (χ0v) is 12.7. The lowest BCUT2D eigenvalue weighted by molar-refractivity contribution is -0.155. The smallest absolute Gasteiger partial charge is 0.309 e. The Morgan fingerprint density at radius 3 is 2.21 bits per heavy atom. The van der Waals surface area contributed by atoms with Crippen molar-refractivity contribution in [3.8, 4) is 6.26 Å². The average molecular weight is 340 g/mol. The predicted octanol–water partition coefficient (Wildman–Crippen LogP) is -0.779. The average Bonchev–Trinajstić information content (AvgIpc) is 3.12. The molecule has 2 aliphatic rings. The molecule has 0 spiro atoms. The van der Waals surface area contributed by atoms with Crippen LogP contribution in [0.4, 0.5) is 0 Å². The van der Waals surface area contributed by atoms with E-state index < -0.39 is 36.4 Å². The van der Waals surface area contributed by atoms with E-state index in [0.717, 1.165) is 0 Å². The molecule has 0 aromatic carbocycles. The van der Waals surface area contributed by atoms with E-state index in [1.165, 1.54) is 12.3 Å². The number of aliphatic imine (C=N–C) groups is 1. The summed E-state index contributed by atoms with van der Waals surface area (Å²) < 4.78 is 25.9. The van der Waals surface area contributed by atoms with Gasteiger partial charge in [0.2, 0.25) is 6.08 Å². The van der Waals surface area contributed by atoms with Gasteiger partial charge in [0.05, 0.1) is 32.6 Å². The Bertz CT molecular complexity index is 553. The second-order valence-electron chi connectivity index (χ2n) is 5.07. The molecule has 2 aliphatic heterocycles. The molecule has 0 unspecified atom stereocenters. The molecule has 0 aliphatic carbocycles. The first-order valence-corrected chi connectivity index (χ1v) is 7.32. The van der Waals surface area contributed by atoms with E-state index in [-0.39, 0.29) is 39.2 Å². The molecular weight excluding hydrogens is 324 g/mol. The quantitative estimate of drug-likeness (QED) is 0.183. The highest BCUT2D eigenvalue weighted by Crippen LogP contribution is 2.30. The zero-order chi connectivity index (χ0) is 17.4. The monoisotopic (exact) mass is 340 g/mol. The van der Waals surface area contributed by atoms with Crippen LogP contribution in [0.15, 0.2) is 4.99 Å². The van der Waals surface area contributed by atoms with Crippen LogP contribution >= 0.6 is 0 Å². The third kappa shape index (κ3) is 4.76. The van der Waals surface area contributed by atoms with Crippen LogP contribution < -0.4 is 0 Å². The molecule has 10 heteroatoms. The van der Waals surface area contributed by atoms with Crippen LogP contribution in [0.5, 0.6) is 0 Å². The van der Waals surface area contributed by atoms with Gasteiger partial charge in [-0.3, -0.25) is 9.59 Å². The van der Waals surface area contributed by atoms with Gasteiger partial charge in [0.25, 0.3) is 6.26 Å². The molecule has 0 N–H and O–H groups in total. The van der Waals surface area contributed by atoms with Crippen molar-refractivity contribution >= 4 is 18.0 Å². The van der Waals surface area contributed by atoms with Gasteiger partial charge >= 0.3 is 11.9 Å². The minimum Gasteiger partial charge on any atom is -0.457 e. The Balaban J connectivity index is 1.77. The van der Waals surface area contributed by atoms with Gasteiger partial charge in [0, 0.05) is 0 Å². The van der Waals surface area contributed by atoms with Crippen LogP contribution in [-0.4, -0.2) is 68.8 Å². The number of nitrogens with zero attached hydrogens (tertiary/aromatic N) is 2. The van der Waals surface area contributed by atoms with Gasteiger partial charge in [-0.25, -0.2) is 9.79 Å². The van der Waals surface area contributed by atoms with Crippen molar-refractivity contribution in [2.75, 3.05) is 26.4 Å². The normalized spacial score (nSPS) is 27.5. The Kier molecular flexibility index (Phi) is 6.69. The summed E-state index contributed by atoms with van der Waals surface area (Å²) in [5.74, 6) is -1.06. The molecule has 0 radical (unpaired) electrons.